The van der Waals surface area contributed by atoms with E-state index in [0.29, 0.717) is 18.8 Å². The Kier molecular flexibility index (Phi) is 2.95. The van der Waals surface area contributed by atoms with Crippen molar-refractivity contribution in [1.82, 2.24) is 0 Å². The van der Waals surface area contributed by atoms with Crippen molar-refractivity contribution in [2.75, 3.05) is 0 Å². The molecule has 3 heteroatoms. The molecule has 2 bridgehead atoms. The Labute approximate surface area is 138 Å². The molecule has 4 aliphatic carbocycles. The third kappa shape index (κ3) is 1.65. The number of fused-ring (bicyclic) bond motifs is 3. The van der Waals surface area contributed by atoms with Gasteiger partial charge in [-0.15, -0.1) is 0 Å². The van der Waals surface area contributed by atoms with Crippen molar-refractivity contribution in [3.05, 3.63) is 11.6 Å². The predicted molar refractivity (Wildman–Crippen MR) is 87.7 cm³/mol. The number of aldehydes is 1. The number of hydrogen-bond donors (Lipinski definition) is 1. The maximum Gasteiger partial charge on any atom is 0.148 e. The molecule has 0 heterocycles. The van der Waals surface area contributed by atoms with Crippen LogP contribution in [0, 0.1) is 28.1 Å². The normalized spacial score (nSPS) is 55.0. The molecule has 3 saturated carbocycles. The zero-order valence-electron chi connectivity index (χ0n) is 14.5. The zero-order valence-corrected chi connectivity index (χ0v) is 14.5. The van der Waals surface area contributed by atoms with Gasteiger partial charge in [-0.3, -0.25) is 4.79 Å². The summed E-state index contributed by atoms with van der Waals surface area (Å²) in [7, 11) is 0. The number of ketones is 1. The van der Waals surface area contributed by atoms with Gasteiger partial charge in [-0.05, 0) is 49.9 Å². The highest BCUT2D eigenvalue weighted by Gasteiger charge is 2.68. The quantitative estimate of drug-likeness (QED) is 0.595. The van der Waals surface area contributed by atoms with Crippen LogP contribution in [0.15, 0.2) is 11.6 Å². The highest BCUT2D eigenvalue weighted by atomic mass is 16.3. The number of carbonyl (C=O) groups is 2. The van der Waals surface area contributed by atoms with Gasteiger partial charge in [0.15, 0.2) is 0 Å². The first-order valence-electron chi connectivity index (χ1n) is 9.16. The molecule has 0 aromatic heterocycles. The fourth-order valence-corrected chi connectivity index (χ4v) is 6.91. The van der Waals surface area contributed by atoms with Crippen LogP contribution in [0.5, 0.6) is 0 Å². The summed E-state index contributed by atoms with van der Waals surface area (Å²) in [6, 6.07) is 0. The summed E-state index contributed by atoms with van der Waals surface area (Å²) in [6.45, 7) is 6.30. The number of aliphatic hydroxyl groups is 1. The van der Waals surface area contributed by atoms with Crippen molar-refractivity contribution in [3.63, 3.8) is 0 Å². The van der Waals surface area contributed by atoms with Crippen molar-refractivity contribution >= 4 is 12.1 Å². The second-order valence-corrected chi connectivity index (χ2v) is 9.26. The molecule has 1 spiro atoms. The number of hydrogen-bond acceptors (Lipinski definition) is 3. The second-order valence-electron chi connectivity index (χ2n) is 9.26. The average Bonchev–Trinajstić information content (AvgIpc) is 2.65. The summed E-state index contributed by atoms with van der Waals surface area (Å²) in [6.07, 6.45) is 9.37. The van der Waals surface area contributed by atoms with Gasteiger partial charge >= 0.3 is 0 Å². The van der Waals surface area contributed by atoms with Gasteiger partial charge in [0.25, 0.3) is 0 Å². The van der Waals surface area contributed by atoms with E-state index in [1.165, 1.54) is 11.9 Å². The molecule has 0 aromatic carbocycles. The molecule has 23 heavy (non-hydrogen) atoms. The lowest BCUT2D eigenvalue weighted by atomic mass is 9.44. The topological polar surface area (TPSA) is 54.4 Å². The number of allylic oxidation sites excluding steroid dienone is 1. The lowest BCUT2D eigenvalue weighted by molar-refractivity contribution is -0.135. The van der Waals surface area contributed by atoms with Gasteiger partial charge in [-0.25, -0.2) is 0 Å². The third-order valence-corrected chi connectivity index (χ3v) is 8.18. The fraction of sp³-hybridized carbons (Fsp3) is 0.800. The molecule has 6 atom stereocenters. The largest absolute Gasteiger partial charge is 0.389 e. The second kappa shape index (κ2) is 4.36. The molecule has 126 valence electrons. The number of carbonyl (C=O) groups excluding carboxylic acids is 2. The number of Topliss-reactive ketones (excluding diaryl/α,β-unsaturated/α-hetero) is 1. The van der Waals surface area contributed by atoms with Gasteiger partial charge in [0.05, 0.1) is 11.0 Å². The first kappa shape index (κ1) is 15.6. The van der Waals surface area contributed by atoms with E-state index in [1.54, 1.807) is 0 Å². The van der Waals surface area contributed by atoms with Crippen LogP contribution in [0.25, 0.3) is 0 Å². The van der Waals surface area contributed by atoms with E-state index in [0.717, 1.165) is 32.1 Å². The Morgan fingerprint density at radius 1 is 1.26 bits per heavy atom. The third-order valence-electron chi connectivity index (χ3n) is 8.18. The SMILES string of the molecule is C[C@H]1C(=O)[C@@]23CC[C@@H]4[C@@](C)(C=O)CCC[C@@]4(C)C2=CC[C@]1(O)C3. The summed E-state index contributed by atoms with van der Waals surface area (Å²) >= 11 is 0. The number of rotatable bonds is 1. The fourth-order valence-electron chi connectivity index (χ4n) is 6.91. The summed E-state index contributed by atoms with van der Waals surface area (Å²) in [4.78, 5) is 25.0. The van der Waals surface area contributed by atoms with E-state index in [9.17, 15) is 14.7 Å². The van der Waals surface area contributed by atoms with Gasteiger partial charge < -0.3 is 9.90 Å². The molecular formula is C20H28O3. The summed E-state index contributed by atoms with van der Waals surface area (Å²) in [5.74, 6) is 0.312. The maximum atomic E-state index is 13.1. The van der Waals surface area contributed by atoms with Crippen molar-refractivity contribution in [2.24, 2.45) is 28.1 Å². The van der Waals surface area contributed by atoms with Gasteiger partial charge in [-0.2, -0.15) is 0 Å². The van der Waals surface area contributed by atoms with Gasteiger partial charge in [0, 0.05) is 11.3 Å². The minimum atomic E-state index is -0.841. The molecule has 3 fully saturated rings. The average molecular weight is 316 g/mol. The van der Waals surface area contributed by atoms with Crippen LogP contribution in [0.2, 0.25) is 0 Å². The van der Waals surface area contributed by atoms with E-state index in [-0.39, 0.29) is 22.5 Å². The predicted octanol–water partition coefficient (Wildman–Crippen LogP) is 3.45. The Balaban J connectivity index is 1.85. The van der Waals surface area contributed by atoms with Crippen molar-refractivity contribution < 1.29 is 14.7 Å². The lowest BCUT2D eigenvalue weighted by Gasteiger charge is -2.59. The highest BCUT2D eigenvalue weighted by Crippen LogP contribution is 2.69. The minimum absolute atomic E-state index is 0.0623. The Hall–Kier alpha value is -0.960. The molecule has 0 aromatic rings. The summed E-state index contributed by atoms with van der Waals surface area (Å²) in [5.41, 5.74) is -0.345. The smallest absolute Gasteiger partial charge is 0.148 e. The summed E-state index contributed by atoms with van der Waals surface area (Å²) < 4.78 is 0. The van der Waals surface area contributed by atoms with E-state index in [2.05, 4.69) is 19.9 Å². The first-order chi connectivity index (χ1) is 10.7. The van der Waals surface area contributed by atoms with Crippen LogP contribution < -0.4 is 0 Å². The van der Waals surface area contributed by atoms with E-state index in [1.807, 2.05) is 6.92 Å². The molecule has 4 aliphatic rings. The van der Waals surface area contributed by atoms with Gasteiger partial charge in [0.2, 0.25) is 0 Å². The van der Waals surface area contributed by atoms with Crippen LogP contribution in [0.1, 0.15) is 65.7 Å². The van der Waals surface area contributed by atoms with Crippen LogP contribution in [0.4, 0.5) is 0 Å². The molecular weight excluding hydrogens is 288 g/mol. The van der Waals surface area contributed by atoms with E-state index < -0.39 is 11.0 Å². The molecule has 0 saturated heterocycles. The van der Waals surface area contributed by atoms with Crippen molar-refractivity contribution in [2.45, 2.75) is 71.3 Å². The Morgan fingerprint density at radius 2 is 2.00 bits per heavy atom. The minimum Gasteiger partial charge on any atom is -0.389 e. The van der Waals surface area contributed by atoms with E-state index in [4.69, 9.17) is 0 Å². The zero-order chi connectivity index (χ0) is 16.7. The van der Waals surface area contributed by atoms with Crippen LogP contribution in [-0.4, -0.2) is 22.8 Å². The van der Waals surface area contributed by atoms with Crippen LogP contribution in [-0.2, 0) is 9.59 Å². The van der Waals surface area contributed by atoms with Crippen molar-refractivity contribution in [1.29, 1.82) is 0 Å². The van der Waals surface area contributed by atoms with Gasteiger partial charge in [-0.1, -0.05) is 38.8 Å². The van der Waals surface area contributed by atoms with E-state index >= 15 is 0 Å². The van der Waals surface area contributed by atoms with Gasteiger partial charge in [0.1, 0.15) is 12.1 Å². The maximum absolute atomic E-state index is 13.1. The molecule has 0 amide bonds. The molecule has 0 aliphatic heterocycles. The summed E-state index contributed by atoms with van der Waals surface area (Å²) in [5, 5.41) is 10.9. The van der Waals surface area contributed by atoms with Crippen LogP contribution >= 0.6 is 0 Å². The highest BCUT2D eigenvalue weighted by molar-refractivity contribution is 5.94. The lowest BCUT2D eigenvalue weighted by Crippen LogP contribution is -2.54. The standard InChI is InChI=1S/C20H28O3/c1-13-16(22)19-9-5-14-17(2,12-21)7-4-8-18(14,3)15(19)6-10-20(13,23)11-19/h6,12-14,23H,4-5,7-11H2,1-3H3/t13-,14+,17+,18+,19+,20-/m0/s1. The Bertz CT molecular complexity index is 622. The molecule has 3 nitrogen and oxygen atoms in total. The molecule has 1 N–H and O–H groups in total. The first-order valence-corrected chi connectivity index (χ1v) is 9.16. The monoisotopic (exact) mass is 316 g/mol. The Morgan fingerprint density at radius 3 is 2.70 bits per heavy atom. The molecule has 4 rings (SSSR count). The molecule has 0 unspecified atom stereocenters. The molecule has 0 radical (unpaired) electrons. The van der Waals surface area contributed by atoms with Crippen LogP contribution in [0.3, 0.4) is 0 Å². The van der Waals surface area contributed by atoms with Crippen molar-refractivity contribution in [3.8, 4) is 0 Å².